The van der Waals surface area contributed by atoms with Crippen LogP contribution < -0.4 is 5.32 Å². The van der Waals surface area contributed by atoms with Crippen LogP contribution in [0.15, 0.2) is 54.9 Å². The van der Waals surface area contributed by atoms with Crippen molar-refractivity contribution in [3.8, 4) is 5.69 Å². The van der Waals surface area contributed by atoms with Crippen molar-refractivity contribution in [2.45, 2.75) is 6.92 Å². The number of nitrogens with zero attached hydrogens (tertiary/aromatic N) is 4. The Morgan fingerprint density at radius 3 is 2.76 bits per heavy atom. The van der Waals surface area contributed by atoms with Crippen LogP contribution in [-0.4, -0.2) is 26.1 Å². The minimum Gasteiger partial charge on any atom is -0.322 e. The van der Waals surface area contributed by atoms with Crippen molar-refractivity contribution in [3.63, 3.8) is 0 Å². The third-order valence-electron chi connectivity index (χ3n) is 3.02. The number of carbonyl (C=O) groups excluding carboxylic acids is 1. The first-order valence-electron chi connectivity index (χ1n) is 6.44. The van der Waals surface area contributed by atoms with E-state index in [2.05, 4.69) is 20.8 Å². The van der Waals surface area contributed by atoms with E-state index in [9.17, 15) is 4.79 Å². The topological polar surface area (TPSA) is 72.7 Å². The molecule has 0 aliphatic carbocycles. The van der Waals surface area contributed by atoms with Gasteiger partial charge in [0.1, 0.15) is 6.33 Å². The molecule has 2 aromatic carbocycles. The standard InChI is InChI=1S/C15H13N5O/c1-11-5-4-6-12(9-11)17-15(21)13-7-2-3-8-14(13)20-10-16-18-19-20/h2-10H,1H3,(H,17,21). The molecule has 0 radical (unpaired) electrons. The Labute approximate surface area is 121 Å². The molecule has 6 heteroatoms. The summed E-state index contributed by atoms with van der Waals surface area (Å²) in [5, 5.41) is 13.9. The fourth-order valence-electron chi connectivity index (χ4n) is 2.06. The van der Waals surface area contributed by atoms with Gasteiger partial charge in [-0.25, -0.2) is 0 Å². The smallest absolute Gasteiger partial charge is 0.257 e. The van der Waals surface area contributed by atoms with E-state index in [4.69, 9.17) is 0 Å². The first-order chi connectivity index (χ1) is 10.2. The molecule has 6 nitrogen and oxygen atoms in total. The number of hydrogen-bond donors (Lipinski definition) is 1. The predicted octanol–water partition coefficient (Wildman–Crippen LogP) is 2.22. The molecular formula is C15H13N5O. The number of carbonyl (C=O) groups is 1. The number of benzene rings is 2. The normalized spacial score (nSPS) is 10.3. The summed E-state index contributed by atoms with van der Waals surface area (Å²) in [6.07, 6.45) is 1.46. The maximum Gasteiger partial charge on any atom is 0.257 e. The Hall–Kier alpha value is -3.02. The second kappa shape index (κ2) is 5.54. The van der Waals surface area contributed by atoms with Crippen LogP contribution in [0, 0.1) is 6.92 Å². The lowest BCUT2D eigenvalue weighted by Crippen LogP contribution is -2.15. The van der Waals surface area contributed by atoms with Gasteiger partial charge >= 0.3 is 0 Å². The van der Waals surface area contributed by atoms with E-state index in [1.807, 2.05) is 37.3 Å². The zero-order valence-electron chi connectivity index (χ0n) is 11.4. The highest BCUT2D eigenvalue weighted by atomic mass is 16.1. The first kappa shape index (κ1) is 13.0. The number of rotatable bonds is 3. The number of hydrogen-bond acceptors (Lipinski definition) is 4. The fraction of sp³-hybridized carbons (Fsp3) is 0.0667. The van der Waals surface area contributed by atoms with Crippen LogP contribution in [0.5, 0.6) is 0 Å². The van der Waals surface area contributed by atoms with Crippen molar-refractivity contribution >= 4 is 11.6 Å². The zero-order chi connectivity index (χ0) is 14.7. The Bertz CT molecular complexity index is 767. The number of anilines is 1. The molecule has 21 heavy (non-hydrogen) atoms. The zero-order valence-corrected chi connectivity index (χ0v) is 11.4. The van der Waals surface area contributed by atoms with Crippen molar-refractivity contribution in [3.05, 3.63) is 66.0 Å². The van der Waals surface area contributed by atoms with Crippen LogP contribution in [0.25, 0.3) is 5.69 Å². The Morgan fingerprint density at radius 1 is 1.14 bits per heavy atom. The molecule has 0 aliphatic rings. The van der Waals surface area contributed by atoms with Gasteiger partial charge in [0.25, 0.3) is 5.91 Å². The predicted molar refractivity (Wildman–Crippen MR) is 78.3 cm³/mol. The molecule has 0 saturated carbocycles. The molecule has 1 N–H and O–H groups in total. The molecule has 1 aromatic heterocycles. The Morgan fingerprint density at radius 2 is 2.00 bits per heavy atom. The van der Waals surface area contributed by atoms with Crippen molar-refractivity contribution in [1.82, 2.24) is 20.2 Å². The second-order valence-corrected chi connectivity index (χ2v) is 4.60. The lowest BCUT2D eigenvalue weighted by atomic mass is 10.1. The summed E-state index contributed by atoms with van der Waals surface area (Å²) in [5.41, 5.74) is 2.98. The van der Waals surface area contributed by atoms with Gasteiger partial charge in [-0.3, -0.25) is 4.79 Å². The molecule has 0 atom stereocenters. The lowest BCUT2D eigenvalue weighted by Gasteiger charge is -2.09. The molecule has 3 rings (SSSR count). The summed E-state index contributed by atoms with van der Waals surface area (Å²) in [6.45, 7) is 1.98. The summed E-state index contributed by atoms with van der Waals surface area (Å²) < 4.78 is 1.46. The molecule has 0 aliphatic heterocycles. The molecule has 3 aromatic rings. The Kier molecular flexibility index (Phi) is 3.42. The van der Waals surface area contributed by atoms with Crippen LogP contribution >= 0.6 is 0 Å². The summed E-state index contributed by atoms with van der Waals surface area (Å²) >= 11 is 0. The van der Waals surface area contributed by atoms with E-state index in [1.54, 1.807) is 18.2 Å². The highest BCUT2D eigenvalue weighted by molar-refractivity contribution is 6.06. The van der Waals surface area contributed by atoms with Gasteiger partial charge in [0.15, 0.2) is 0 Å². The molecule has 0 spiro atoms. The van der Waals surface area contributed by atoms with Gasteiger partial charge in [-0.05, 0) is 47.2 Å². The number of aryl methyl sites for hydroxylation is 1. The number of aromatic nitrogens is 4. The number of tetrazole rings is 1. The molecule has 0 saturated heterocycles. The monoisotopic (exact) mass is 279 g/mol. The van der Waals surface area contributed by atoms with Gasteiger partial charge in [0.2, 0.25) is 0 Å². The highest BCUT2D eigenvalue weighted by Gasteiger charge is 2.13. The number of amides is 1. The molecule has 1 heterocycles. The van der Waals surface area contributed by atoms with Gasteiger partial charge < -0.3 is 5.32 Å². The number of nitrogens with one attached hydrogen (secondary N) is 1. The van der Waals surface area contributed by atoms with Crippen molar-refractivity contribution in [1.29, 1.82) is 0 Å². The third kappa shape index (κ3) is 2.79. The van der Waals surface area contributed by atoms with Crippen LogP contribution in [0.2, 0.25) is 0 Å². The van der Waals surface area contributed by atoms with Gasteiger partial charge in [0.05, 0.1) is 11.3 Å². The van der Waals surface area contributed by atoms with Gasteiger partial charge in [-0.1, -0.05) is 24.3 Å². The molecule has 0 fully saturated rings. The molecule has 0 bridgehead atoms. The first-order valence-corrected chi connectivity index (χ1v) is 6.44. The van der Waals surface area contributed by atoms with E-state index < -0.39 is 0 Å². The molecule has 0 unspecified atom stereocenters. The average Bonchev–Trinajstić information content (AvgIpc) is 3.01. The third-order valence-corrected chi connectivity index (χ3v) is 3.02. The van der Waals surface area contributed by atoms with E-state index in [-0.39, 0.29) is 5.91 Å². The quantitative estimate of drug-likeness (QED) is 0.798. The maximum atomic E-state index is 12.4. The van der Waals surface area contributed by atoms with Crippen LogP contribution in [0.3, 0.4) is 0 Å². The minimum atomic E-state index is -0.202. The molecule has 104 valence electrons. The van der Waals surface area contributed by atoms with Gasteiger partial charge in [0, 0.05) is 5.69 Å². The molecular weight excluding hydrogens is 266 g/mol. The van der Waals surface area contributed by atoms with Crippen molar-refractivity contribution < 1.29 is 4.79 Å². The van der Waals surface area contributed by atoms with Gasteiger partial charge in [-0.15, -0.1) is 5.10 Å². The summed E-state index contributed by atoms with van der Waals surface area (Å²) in [7, 11) is 0. The highest BCUT2D eigenvalue weighted by Crippen LogP contribution is 2.16. The minimum absolute atomic E-state index is 0.202. The summed E-state index contributed by atoms with van der Waals surface area (Å²) in [6, 6.07) is 14.8. The largest absolute Gasteiger partial charge is 0.322 e. The maximum absolute atomic E-state index is 12.4. The average molecular weight is 279 g/mol. The van der Waals surface area contributed by atoms with Crippen molar-refractivity contribution in [2.24, 2.45) is 0 Å². The number of para-hydroxylation sites is 1. The summed E-state index contributed by atoms with van der Waals surface area (Å²) in [5.74, 6) is -0.202. The fourth-order valence-corrected chi connectivity index (χ4v) is 2.06. The van der Waals surface area contributed by atoms with E-state index >= 15 is 0 Å². The summed E-state index contributed by atoms with van der Waals surface area (Å²) in [4.78, 5) is 12.4. The van der Waals surface area contributed by atoms with Crippen molar-refractivity contribution in [2.75, 3.05) is 5.32 Å². The van der Waals surface area contributed by atoms with Gasteiger partial charge in [-0.2, -0.15) is 4.68 Å². The van der Waals surface area contributed by atoms with E-state index in [0.29, 0.717) is 11.3 Å². The lowest BCUT2D eigenvalue weighted by molar-refractivity contribution is 0.102. The SMILES string of the molecule is Cc1cccc(NC(=O)c2ccccc2-n2cnnn2)c1. The van der Waals surface area contributed by atoms with Crippen LogP contribution in [-0.2, 0) is 0 Å². The second-order valence-electron chi connectivity index (χ2n) is 4.60. The van der Waals surface area contributed by atoms with E-state index in [0.717, 1.165) is 11.3 Å². The Balaban J connectivity index is 1.92. The van der Waals surface area contributed by atoms with Crippen LogP contribution in [0.4, 0.5) is 5.69 Å². The molecule has 1 amide bonds. The van der Waals surface area contributed by atoms with Crippen LogP contribution in [0.1, 0.15) is 15.9 Å². The van der Waals surface area contributed by atoms with E-state index in [1.165, 1.54) is 11.0 Å².